The van der Waals surface area contributed by atoms with Crippen LogP contribution in [0.4, 0.5) is 0 Å². The molecule has 0 radical (unpaired) electrons. The zero-order valence-corrected chi connectivity index (χ0v) is 11.9. The van der Waals surface area contributed by atoms with Crippen LogP contribution in [0.2, 0.25) is 0 Å². The Kier molecular flexibility index (Phi) is 3.31. The summed E-state index contributed by atoms with van der Waals surface area (Å²) in [5, 5.41) is 5.00. The molecule has 0 unspecified atom stereocenters. The van der Waals surface area contributed by atoms with Crippen LogP contribution < -0.4 is 5.32 Å². The van der Waals surface area contributed by atoms with E-state index in [1.165, 1.54) is 28.9 Å². The van der Waals surface area contributed by atoms with Crippen LogP contribution in [0.3, 0.4) is 0 Å². The number of fused-ring (bicyclic) bond motifs is 1. The van der Waals surface area contributed by atoms with E-state index in [9.17, 15) is 9.59 Å². The molecule has 1 N–H and O–H groups in total. The van der Waals surface area contributed by atoms with Crippen LogP contribution >= 0.6 is 11.3 Å². The fraction of sp³-hybridized carbons (Fsp3) is 0.571. The van der Waals surface area contributed by atoms with E-state index in [0.29, 0.717) is 6.42 Å². The number of hydrogen-bond acceptors (Lipinski definition) is 3. The van der Waals surface area contributed by atoms with Gasteiger partial charge in [-0.1, -0.05) is 0 Å². The number of thiophene rings is 1. The minimum atomic E-state index is -0.334. The average molecular weight is 278 g/mol. The predicted molar refractivity (Wildman–Crippen MR) is 74.5 cm³/mol. The number of amides is 2. The maximum absolute atomic E-state index is 12.3. The van der Waals surface area contributed by atoms with Crippen molar-refractivity contribution in [3.8, 4) is 0 Å². The summed E-state index contributed by atoms with van der Waals surface area (Å²) in [5.74, 6) is -0.0411. The molecule has 1 saturated heterocycles. The van der Waals surface area contributed by atoms with E-state index in [-0.39, 0.29) is 17.9 Å². The molecule has 1 aromatic rings. The monoisotopic (exact) mass is 278 g/mol. The number of carbonyl (C=O) groups is 2. The Labute approximate surface area is 116 Å². The smallest absolute Gasteiger partial charge is 0.262 e. The molecular formula is C14H18N2O2S. The number of nitrogens with one attached hydrogen (secondary N) is 1. The summed E-state index contributed by atoms with van der Waals surface area (Å²) in [6, 6.07) is -0.334. The van der Waals surface area contributed by atoms with Gasteiger partial charge < -0.3 is 10.2 Å². The van der Waals surface area contributed by atoms with E-state index in [2.05, 4.69) is 10.7 Å². The van der Waals surface area contributed by atoms with Gasteiger partial charge in [0.15, 0.2) is 0 Å². The van der Waals surface area contributed by atoms with Crippen molar-refractivity contribution in [2.45, 2.75) is 38.1 Å². The van der Waals surface area contributed by atoms with Crippen molar-refractivity contribution in [3.05, 3.63) is 21.4 Å². The molecule has 3 rings (SSSR count). The van der Waals surface area contributed by atoms with Crippen LogP contribution in [-0.4, -0.2) is 36.3 Å². The highest BCUT2D eigenvalue weighted by Crippen LogP contribution is 2.29. The van der Waals surface area contributed by atoms with Gasteiger partial charge >= 0.3 is 0 Å². The number of likely N-dealkylation sites (N-methyl/N-ethyl adjacent to an activating group) is 1. The number of hydrogen-bond donors (Lipinski definition) is 1. The van der Waals surface area contributed by atoms with Crippen LogP contribution in [-0.2, 0) is 17.6 Å². The molecule has 0 bridgehead atoms. The van der Waals surface area contributed by atoms with Gasteiger partial charge in [-0.3, -0.25) is 9.59 Å². The highest BCUT2D eigenvalue weighted by molar-refractivity contribution is 7.12. The number of rotatable bonds is 2. The molecule has 0 saturated carbocycles. The summed E-state index contributed by atoms with van der Waals surface area (Å²) in [6.07, 6.45) is 5.19. The van der Waals surface area contributed by atoms with E-state index in [1.54, 1.807) is 11.9 Å². The minimum Gasteiger partial charge on any atom is -0.344 e. The number of nitrogens with zero attached hydrogens (tertiary/aromatic N) is 1. The molecular weight excluding hydrogens is 260 g/mol. The van der Waals surface area contributed by atoms with Gasteiger partial charge in [0, 0.05) is 13.6 Å². The molecule has 102 valence electrons. The molecule has 5 heteroatoms. The highest BCUT2D eigenvalue weighted by Gasteiger charge is 2.31. The lowest BCUT2D eigenvalue weighted by Crippen LogP contribution is -2.40. The topological polar surface area (TPSA) is 49.4 Å². The van der Waals surface area contributed by atoms with Crippen molar-refractivity contribution < 1.29 is 9.59 Å². The summed E-state index contributed by atoms with van der Waals surface area (Å²) in [4.78, 5) is 26.6. The van der Waals surface area contributed by atoms with Crippen LogP contribution in [0.5, 0.6) is 0 Å². The average Bonchev–Trinajstić information content (AvgIpc) is 2.97. The minimum absolute atomic E-state index is 0.0266. The van der Waals surface area contributed by atoms with Crippen LogP contribution in [0.1, 0.15) is 40.1 Å². The van der Waals surface area contributed by atoms with Gasteiger partial charge in [-0.2, -0.15) is 0 Å². The van der Waals surface area contributed by atoms with Crippen LogP contribution in [0.15, 0.2) is 5.38 Å². The Morgan fingerprint density at radius 3 is 2.95 bits per heavy atom. The van der Waals surface area contributed by atoms with Gasteiger partial charge in [0.25, 0.3) is 5.91 Å². The van der Waals surface area contributed by atoms with Crippen LogP contribution in [0, 0.1) is 0 Å². The van der Waals surface area contributed by atoms with Crippen molar-refractivity contribution in [1.82, 2.24) is 10.2 Å². The first-order valence-corrected chi connectivity index (χ1v) is 7.70. The van der Waals surface area contributed by atoms with E-state index < -0.39 is 0 Å². The van der Waals surface area contributed by atoms with Crippen molar-refractivity contribution >= 4 is 23.2 Å². The molecule has 0 spiro atoms. The van der Waals surface area contributed by atoms with E-state index in [4.69, 9.17) is 0 Å². The van der Waals surface area contributed by atoms with E-state index >= 15 is 0 Å². The Balaban J connectivity index is 1.74. The van der Waals surface area contributed by atoms with Gasteiger partial charge in [0.1, 0.15) is 6.04 Å². The highest BCUT2D eigenvalue weighted by atomic mass is 32.1. The standard InChI is InChI=1S/C14H18N2O2S/c1-16-7-6-11(14(16)18)15-13(17)12-10-5-3-2-4-9(10)8-19-12/h8,11H,2-7H2,1H3,(H,15,17)/t11-/m0/s1. The Morgan fingerprint density at radius 1 is 1.42 bits per heavy atom. The molecule has 1 aliphatic carbocycles. The quantitative estimate of drug-likeness (QED) is 0.893. The molecule has 2 amide bonds. The van der Waals surface area contributed by atoms with Crippen LogP contribution in [0.25, 0.3) is 0 Å². The first kappa shape index (κ1) is 12.7. The Morgan fingerprint density at radius 2 is 2.21 bits per heavy atom. The molecule has 0 aromatic carbocycles. The number of aryl methyl sites for hydroxylation is 1. The molecule has 1 aromatic heterocycles. The van der Waals surface area contributed by atoms with Gasteiger partial charge in [-0.15, -0.1) is 11.3 Å². The molecule has 19 heavy (non-hydrogen) atoms. The molecule has 2 heterocycles. The third kappa shape index (κ3) is 2.27. The zero-order valence-electron chi connectivity index (χ0n) is 11.1. The summed E-state index contributed by atoms with van der Waals surface area (Å²) in [6.45, 7) is 0.728. The fourth-order valence-electron chi connectivity index (χ4n) is 2.89. The lowest BCUT2D eigenvalue weighted by Gasteiger charge is -2.15. The van der Waals surface area contributed by atoms with Gasteiger partial charge in [0.05, 0.1) is 4.88 Å². The summed E-state index contributed by atoms with van der Waals surface area (Å²) >= 11 is 1.52. The molecule has 2 aliphatic rings. The van der Waals surface area contributed by atoms with Gasteiger partial charge in [-0.25, -0.2) is 0 Å². The maximum atomic E-state index is 12.3. The molecule has 1 aliphatic heterocycles. The number of carbonyl (C=O) groups excluding carboxylic acids is 2. The molecule has 1 fully saturated rings. The first-order chi connectivity index (χ1) is 9.16. The second-order valence-corrected chi connectivity index (χ2v) is 6.23. The lowest BCUT2D eigenvalue weighted by atomic mass is 9.94. The predicted octanol–water partition coefficient (Wildman–Crippen LogP) is 1.59. The molecule has 4 nitrogen and oxygen atoms in total. The van der Waals surface area contributed by atoms with Crippen molar-refractivity contribution in [3.63, 3.8) is 0 Å². The fourth-order valence-corrected chi connectivity index (χ4v) is 3.95. The Bertz CT molecular complexity index is 524. The molecule has 1 atom stereocenters. The van der Waals surface area contributed by atoms with Crippen molar-refractivity contribution in [2.75, 3.05) is 13.6 Å². The zero-order chi connectivity index (χ0) is 13.4. The third-order valence-corrected chi connectivity index (χ3v) is 5.11. The van der Waals surface area contributed by atoms with E-state index in [0.717, 1.165) is 30.7 Å². The SMILES string of the molecule is CN1CC[C@H](NC(=O)c2scc3c2CCCC3)C1=O. The second-order valence-electron chi connectivity index (χ2n) is 5.35. The van der Waals surface area contributed by atoms with E-state index in [1.807, 2.05) is 0 Å². The normalized spacial score (nSPS) is 22.5. The van der Waals surface area contributed by atoms with Gasteiger partial charge in [0.2, 0.25) is 5.91 Å². The largest absolute Gasteiger partial charge is 0.344 e. The van der Waals surface area contributed by atoms with Crippen molar-refractivity contribution in [2.24, 2.45) is 0 Å². The maximum Gasteiger partial charge on any atom is 0.262 e. The second kappa shape index (κ2) is 4.96. The summed E-state index contributed by atoms with van der Waals surface area (Å²) < 4.78 is 0. The third-order valence-electron chi connectivity index (χ3n) is 4.04. The first-order valence-electron chi connectivity index (χ1n) is 6.82. The Hall–Kier alpha value is -1.36. The number of likely N-dealkylation sites (tertiary alicyclic amines) is 1. The summed E-state index contributed by atoms with van der Waals surface area (Å²) in [5.41, 5.74) is 2.55. The summed E-state index contributed by atoms with van der Waals surface area (Å²) in [7, 11) is 1.78. The van der Waals surface area contributed by atoms with Crippen molar-refractivity contribution in [1.29, 1.82) is 0 Å². The lowest BCUT2D eigenvalue weighted by molar-refractivity contribution is -0.128. The van der Waals surface area contributed by atoms with Gasteiger partial charge in [-0.05, 0) is 48.6 Å².